The minimum atomic E-state index is -0.571. The second-order valence-electron chi connectivity index (χ2n) is 3.12. The number of halogens is 1. The highest BCUT2D eigenvalue weighted by Crippen LogP contribution is 2.27. The van der Waals surface area contributed by atoms with Gasteiger partial charge in [0.05, 0.1) is 0 Å². The number of aromatic hydroxyl groups is 1. The number of hydrogen-bond acceptors (Lipinski definition) is 1. The molecule has 0 atom stereocenters. The van der Waals surface area contributed by atoms with E-state index in [1.165, 1.54) is 6.07 Å². The summed E-state index contributed by atoms with van der Waals surface area (Å²) < 4.78 is 12.9. The quantitative estimate of drug-likeness (QED) is 0.654. The Morgan fingerprint density at radius 3 is 2.62 bits per heavy atom. The molecule has 0 aliphatic carbocycles. The van der Waals surface area contributed by atoms with Crippen molar-refractivity contribution in [2.75, 3.05) is 0 Å². The summed E-state index contributed by atoms with van der Waals surface area (Å²) in [4.78, 5) is 0. The molecule has 2 rings (SSSR count). The molecule has 2 aromatic rings. The van der Waals surface area contributed by atoms with Gasteiger partial charge in [-0.3, -0.25) is 0 Å². The first-order chi connectivity index (χ1) is 6.18. The molecule has 1 N–H and O–H groups in total. The minimum absolute atomic E-state index is 0.263. The summed E-state index contributed by atoms with van der Waals surface area (Å²) in [6.07, 6.45) is 0. The first-order valence-corrected chi connectivity index (χ1v) is 4.06. The van der Waals surface area contributed by atoms with Gasteiger partial charge in [-0.1, -0.05) is 23.8 Å². The number of benzene rings is 2. The van der Waals surface area contributed by atoms with E-state index in [1.807, 2.05) is 19.1 Å². The monoisotopic (exact) mass is 176 g/mol. The van der Waals surface area contributed by atoms with Crippen LogP contribution in [0.25, 0.3) is 10.8 Å². The van der Waals surface area contributed by atoms with Crippen molar-refractivity contribution >= 4 is 10.8 Å². The van der Waals surface area contributed by atoms with Gasteiger partial charge >= 0.3 is 0 Å². The molecule has 1 nitrogen and oxygen atoms in total. The van der Waals surface area contributed by atoms with E-state index in [1.54, 1.807) is 12.1 Å². The summed E-state index contributed by atoms with van der Waals surface area (Å²) in [6, 6.07) is 8.49. The van der Waals surface area contributed by atoms with Crippen LogP contribution in [0.2, 0.25) is 0 Å². The third-order valence-electron chi connectivity index (χ3n) is 2.10. The van der Waals surface area contributed by atoms with E-state index >= 15 is 0 Å². The molecule has 0 aliphatic heterocycles. The van der Waals surface area contributed by atoms with Crippen molar-refractivity contribution in [3.63, 3.8) is 0 Å². The second-order valence-corrected chi connectivity index (χ2v) is 3.12. The molecule has 0 spiro atoms. The Hall–Kier alpha value is -1.57. The lowest BCUT2D eigenvalue weighted by Crippen LogP contribution is -1.80. The van der Waals surface area contributed by atoms with Gasteiger partial charge in [0.25, 0.3) is 0 Å². The normalized spacial score (nSPS) is 10.6. The van der Waals surface area contributed by atoms with Crippen LogP contribution in [0, 0.1) is 12.7 Å². The lowest BCUT2D eigenvalue weighted by Gasteiger charge is -2.02. The van der Waals surface area contributed by atoms with Crippen LogP contribution >= 0.6 is 0 Å². The summed E-state index contributed by atoms with van der Waals surface area (Å²) in [5.74, 6) is -0.834. The van der Waals surface area contributed by atoms with Crippen LogP contribution in [-0.4, -0.2) is 5.11 Å². The Bertz CT molecular complexity index is 458. The Morgan fingerprint density at radius 2 is 1.85 bits per heavy atom. The number of phenolic OH excluding ortho intramolecular Hbond substituents is 1. The maximum atomic E-state index is 12.9. The van der Waals surface area contributed by atoms with E-state index in [0.29, 0.717) is 5.39 Å². The fourth-order valence-electron chi connectivity index (χ4n) is 1.39. The maximum absolute atomic E-state index is 12.9. The van der Waals surface area contributed by atoms with Crippen LogP contribution in [0.4, 0.5) is 4.39 Å². The lowest BCUT2D eigenvalue weighted by molar-refractivity contribution is 0.439. The van der Waals surface area contributed by atoms with Gasteiger partial charge in [-0.25, -0.2) is 4.39 Å². The smallest absolute Gasteiger partial charge is 0.165 e. The Kier molecular flexibility index (Phi) is 1.69. The average Bonchev–Trinajstić information content (AvgIpc) is 2.12. The Balaban J connectivity index is 2.89. The number of phenols is 1. The molecular weight excluding hydrogens is 167 g/mol. The Morgan fingerprint density at radius 1 is 1.15 bits per heavy atom. The average molecular weight is 176 g/mol. The highest BCUT2D eigenvalue weighted by molar-refractivity contribution is 5.88. The van der Waals surface area contributed by atoms with Crippen molar-refractivity contribution in [1.82, 2.24) is 0 Å². The maximum Gasteiger partial charge on any atom is 0.165 e. The van der Waals surface area contributed by atoms with E-state index in [9.17, 15) is 9.50 Å². The number of fused-ring (bicyclic) bond motifs is 1. The van der Waals surface area contributed by atoms with Crippen molar-refractivity contribution in [1.29, 1.82) is 0 Å². The zero-order chi connectivity index (χ0) is 9.42. The van der Waals surface area contributed by atoms with Crippen molar-refractivity contribution < 1.29 is 9.50 Å². The molecule has 0 bridgehead atoms. The van der Waals surface area contributed by atoms with E-state index < -0.39 is 5.82 Å². The van der Waals surface area contributed by atoms with E-state index in [2.05, 4.69) is 0 Å². The van der Waals surface area contributed by atoms with Crippen LogP contribution in [0.1, 0.15) is 5.56 Å². The number of rotatable bonds is 0. The van der Waals surface area contributed by atoms with Crippen LogP contribution in [0.15, 0.2) is 30.3 Å². The van der Waals surface area contributed by atoms with Crippen molar-refractivity contribution in [2.24, 2.45) is 0 Å². The molecule has 0 heterocycles. The molecule has 0 radical (unpaired) electrons. The molecule has 0 saturated carbocycles. The molecule has 2 aromatic carbocycles. The van der Waals surface area contributed by atoms with Gasteiger partial charge < -0.3 is 5.11 Å². The summed E-state index contributed by atoms with van der Waals surface area (Å²) in [7, 11) is 0. The zero-order valence-corrected chi connectivity index (χ0v) is 7.21. The lowest BCUT2D eigenvalue weighted by atomic mass is 10.1. The first-order valence-electron chi connectivity index (χ1n) is 4.06. The summed E-state index contributed by atoms with van der Waals surface area (Å²) in [5.41, 5.74) is 1.01. The minimum Gasteiger partial charge on any atom is -0.504 e. The molecular formula is C11H9FO. The van der Waals surface area contributed by atoms with Crippen LogP contribution < -0.4 is 0 Å². The van der Waals surface area contributed by atoms with Gasteiger partial charge in [0.2, 0.25) is 0 Å². The van der Waals surface area contributed by atoms with E-state index in [4.69, 9.17) is 0 Å². The molecule has 2 heteroatoms. The van der Waals surface area contributed by atoms with Crippen LogP contribution in [0.5, 0.6) is 5.75 Å². The third kappa shape index (κ3) is 1.24. The van der Waals surface area contributed by atoms with Crippen LogP contribution in [0.3, 0.4) is 0 Å². The van der Waals surface area contributed by atoms with Gasteiger partial charge in [-0.05, 0) is 24.4 Å². The van der Waals surface area contributed by atoms with Crippen molar-refractivity contribution in [3.05, 3.63) is 41.7 Å². The number of hydrogen-bond donors (Lipinski definition) is 1. The predicted molar refractivity (Wildman–Crippen MR) is 50.3 cm³/mol. The molecule has 0 saturated heterocycles. The zero-order valence-electron chi connectivity index (χ0n) is 7.21. The fourth-order valence-corrected chi connectivity index (χ4v) is 1.39. The highest BCUT2D eigenvalue weighted by Gasteiger charge is 2.04. The van der Waals surface area contributed by atoms with Gasteiger partial charge in [-0.2, -0.15) is 0 Å². The molecule has 0 fully saturated rings. The van der Waals surface area contributed by atoms with Gasteiger partial charge in [0.15, 0.2) is 11.6 Å². The molecule has 0 amide bonds. The molecule has 0 aromatic heterocycles. The molecule has 66 valence electrons. The van der Waals surface area contributed by atoms with E-state index in [-0.39, 0.29) is 5.75 Å². The fraction of sp³-hybridized carbons (Fsp3) is 0.0909. The van der Waals surface area contributed by atoms with Gasteiger partial charge in [0.1, 0.15) is 0 Å². The topological polar surface area (TPSA) is 20.2 Å². The molecule has 13 heavy (non-hydrogen) atoms. The van der Waals surface area contributed by atoms with Crippen molar-refractivity contribution in [3.8, 4) is 5.75 Å². The SMILES string of the molecule is Cc1ccc2ccc(F)c(O)c2c1. The van der Waals surface area contributed by atoms with E-state index in [0.717, 1.165) is 10.9 Å². The summed E-state index contributed by atoms with van der Waals surface area (Å²) in [5, 5.41) is 10.8. The van der Waals surface area contributed by atoms with Crippen molar-refractivity contribution in [2.45, 2.75) is 6.92 Å². The first kappa shape index (κ1) is 8.05. The summed E-state index contributed by atoms with van der Waals surface area (Å²) in [6.45, 7) is 1.91. The standard InChI is InChI=1S/C11H9FO/c1-7-2-3-8-4-5-10(12)11(13)9(8)6-7/h2-6,13H,1H3. The summed E-state index contributed by atoms with van der Waals surface area (Å²) >= 11 is 0. The predicted octanol–water partition coefficient (Wildman–Crippen LogP) is 2.99. The molecule has 0 aliphatic rings. The van der Waals surface area contributed by atoms with Crippen LogP contribution in [-0.2, 0) is 0 Å². The van der Waals surface area contributed by atoms with Gasteiger partial charge in [-0.15, -0.1) is 0 Å². The highest BCUT2D eigenvalue weighted by atomic mass is 19.1. The number of aryl methyl sites for hydroxylation is 1. The largest absolute Gasteiger partial charge is 0.504 e. The Labute approximate surface area is 75.4 Å². The second kappa shape index (κ2) is 2.73. The molecule has 0 unspecified atom stereocenters. The van der Waals surface area contributed by atoms with Gasteiger partial charge in [0, 0.05) is 5.39 Å². The third-order valence-corrected chi connectivity index (χ3v) is 2.10.